The van der Waals surface area contributed by atoms with Crippen molar-refractivity contribution < 1.29 is 18.7 Å². The molecule has 0 radical (unpaired) electrons. The molecule has 2 aromatic carbocycles. The first-order valence-electron chi connectivity index (χ1n) is 11.0. The van der Waals surface area contributed by atoms with Gasteiger partial charge >= 0.3 is 0 Å². The topological polar surface area (TPSA) is 58.6 Å². The molecule has 0 aliphatic carbocycles. The lowest BCUT2D eigenvalue weighted by molar-refractivity contribution is -0.127. The van der Waals surface area contributed by atoms with Gasteiger partial charge in [-0.25, -0.2) is 4.39 Å². The number of carbonyl (C=O) groups excluding carboxylic acids is 2. The van der Waals surface area contributed by atoms with Crippen LogP contribution in [0.5, 0.6) is 5.75 Å². The third kappa shape index (κ3) is 5.55. The van der Waals surface area contributed by atoms with Crippen LogP contribution in [0.3, 0.4) is 0 Å². The quantitative estimate of drug-likeness (QED) is 0.679. The maximum absolute atomic E-state index is 13.4. The fraction of sp³-hybridized carbons (Fsp3) is 0.385. The molecule has 0 saturated carbocycles. The molecule has 1 heterocycles. The molecule has 2 amide bonds. The minimum Gasteiger partial charge on any atom is -0.490 e. The van der Waals surface area contributed by atoms with Gasteiger partial charge in [-0.15, -0.1) is 0 Å². The second kappa shape index (κ2) is 10.4. The number of ether oxygens (including phenoxy) is 1. The van der Waals surface area contributed by atoms with Crippen LogP contribution < -0.4 is 10.1 Å². The normalized spacial score (nSPS) is 23.7. The van der Waals surface area contributed by atoms with Crippen molar-refractivity contribution in [1.29, 1.82) is 0 Å². The van der Waals surface area contributed by atoms with Crippen LogP contribution in [0.4, 0.5) is 4.39 Å². The molecule has 0 aromatic heterocycles. The summed E-state index contributed by atoms with van der Waals surface area (Å²) in [5.74, 6) is -0.454. The summed E-state index contributed by atoms with van der Waals surface area (Å²) in [5, 5.41) is 3.09. The Morgan fingerprint density at radius 2 is 1.69 bits per heavy atom. The summed E-state index contributed by atoms with van der Waals surface area (Å²) in [6.07, 6.45) is 5.08. The molecule has 32 heavy (non-hydrogen) atoms. The van der Waals surface area contributed by atoms with Gasteiger partial charge in [-0.05, 0) is 49.1 Å². The summed E-state index contributed by atoms with van der Waals surface area (Å²) in [4.78, 5) is 28.2. The number of fused-ring (bicyclic) bond motifs is 1. The van der Waals surface area contributed by atoms with Crippen molar-refractivity contribution in [3.8, 4) is 5.75 Å². The third-order valence-corrected chi connectivity index (χ3v) is 5.68. The maximum Gasteiger partial charge on any atom is 0.258 e. The number of halogens is 1. The zero-order valence-corrected chi connectivity index (χ0v) is 19.0. The summed E-state index contributed by atoms with van der Waals surface area (Å²) in [5.41, 5.74) is 1.24. The van der Waals surface area contributed by atoms with E-state index in [1.165, 1.54) is 17.0 Å². The van der Waals surface area contributed by atoms with E-state index in [0.717, 1.165) is 5.56 Å². The van der Waals surface area contributed by atoms with E-state index < -0.39 is 6.04 Å². The van der Waals surface area contributed by atoms with E-state index in [1.54, 1.807) is 37.4 Å². The molecule has 1 N–H and O–H groups in total. The number of hydrogen-bond acceptors (Lipinski definition) is 3. The molecule has 0 bridgehead atoms. The first kappa shape index (κ1) is 23.5. The number of hydrogen-bond donors (Lipinski definition) is 1. The van der Waals surface area contributed by atoms with Crippen LogP contribution in [-0.4, -0.2) is 35.9 Å². The summed E-state index contributed by atoms with van der Waals surface area (Å²) in [6, 6.07) is 12.2. The molecular formula is C26H31FN2O3. The summed E-state index contributed by atoms with van der Waals surface area (Å²) >= 11 is 0. The Balaban J connectivity index is 1.99. The first-order valence-corrected chi connectivity index (χ1v) is 11.0. The van der Waals surface area contributed by atoms with Gasteiger partial charge in [0.15, 0.2) is 0 Å². The highest BCUT2D eigenvalue weighted by Gasteiger charge is 2.33. The Bertz CT molecular complexity index is 971. The number of carbonyl (C=O) groups is 2. The van der Waals surface area contributed by atoms with Crippen molar-refractivity contribution in [3.63, 3.8) is 0 Å². The van der Waals surface area contributed by atoms with Gasteiger partial charge in [0.25, 0.3) is 5.91 Å². The highest BCUT2D eigenvalue weighted by molar-refractivity contribution is 5.99. The lowest BCUT2D eigenvalue weighted by atomic mass is 9.98. The fourth-order valence-corrected chi connectivity index (χ4v) is 4.00. The highest BCUT2D eigenvalue weighted by atomic mass is 19.1. The van der Waals surface area contributed by atoms with Crippen molar-refractivity contribution in [2.75, 3.05) is 7.05 Å². The van der Waals surface area contributed by atoms with E-state index in [4.69, 9.17) is 4.74 Å². The molecule has 170 valence electrons. The maximum atomic E-state index is 13.4. The van der Waals surface area contributed by atoms with Crippen molar-refractivity contribution in [1.82, 2.24) is 10.2 Å². The van der Waals surface area contributed by atoms with Crippen molar-refractivity contribution in [2.45, 2.75) is 51.8 Å². The number of benzene rings is 2. The van der Waals surface area contributed by atoms with E-state index in [-0.39, 0.29) is 35.7 Å². The van der Waals surface area contributed by atoms with Gasteiger partial charge in [0.1, 0.15) is 17.6 Å². The SMILES string of the molecule is CC(C)[C@H]1C(=O)N[C@H](c2ccc(F)cc2)C/C=C\C[C@@H](C)Oc2ccccc2C(=O)N1C. The predicted octanol–water partition coefficient (Wildman–Crippen LogP) is 4.90. The summed E-state index contributed by atoms with van der Waals surface area (Å²) in [7, 11) is 1.64. The summed E-state index contributed by atoms with van der Waals surface area (Å²) in [6.45, 7) is 5.78. The number of nitrogens with zero attached hydrogens (tertiary/aromatic N) is 1. The van der Waals surface area contributed by atoms with E-state index in [1.807, 2.05) is 39.0 Å². The number of para-hydroxylation sites is 1. The van der Waals surface area contributed by atoms with Crippen LogP contribution in [0.25, 0.3) is 0 Å². The lowest BCUT2D eigenvalue weighted by Gasteiger charge is -2.32. The van der Waals surface area contributed by atoms with Crippen molar-refractivity contribution >= 4 is 11.8 Å². The van der Waals surface area contributed by atoms with E-state index in [9.17, 15) is 14.0 Å². The molecule has 6 heteroatoms. The van der Waals surface area contributed by atoms with Crippen LogP contribution in [0.2, 0.25) is 0 Å². The molecule has 5 nitrogen and oxygen atoms in total. The zero-order valence-electron chi connectivity index (χ0n) is 19.0. The molecular weight excluding hydrogens is 407 g/mol. The van der Waals surface area contributed by atoms with Gasteiger partial charge in [-0.2, -0.15) is 0 Å². The minimum atomic E-state index is -0.678. The van der Waals surface area contributed by atoms with Crippen LogP contribution in [0.1, 0.15) is 55.6 Å². The van der Waals surface area contributed by atoms with Gasteiger partial charge in [0.05, 0.1) is 17.7 Å². The van der Waals surface area contributed by atoms with Crippen LogP contribution >= 0.6 is 0 Å². The molecule has 3 rings (SSSR count). The molecule has 0 saturated heterocycles. The Hall–Kier alpha value is -3.15. The van der Waals surface area contributed by atoms with Crippen molar-refractivity contribution in [2.24, 2.45) is 5.92 Å². The van der Waals surface area contributed by atoms with Gasteiger partial charge in [0.2, 0.25) is 5.91 Å². The van der Waals surface area contributed by atoms with Gasteiger partial charge in [-0.1, -0.05) is 50.3 Å². The number of rotatable bonds is 2. The Kier molecular flexibility index (Phi) is 7.67. The second-order valence-electron chi connectivity index (χ2n) is 8.59. The summed E-state index contributed by atoms with van der Waals surface area (Å²) < 4.78 is 19.5. The fourth-order valence-electron chi connectivity index (χ4n) is 4.00. The largest absolute Gasteiger partial charge is 0.490 e. The zero-order chi connectivity index (χ0) is 23.3. The number of nitrogens with one attached hydrogen (secondary N) is 1. The van der Waals surface area contributed by atoms with Gasteiger partial charge in [-0.3, -0.25) is 9.59 Å². The second-order valence-corrected chi connectivity index (χ2v) is 8.59. The lowest BCUT2D eigenvalue weighted by Crippen LogP contribution is -2.51. The van der Waals surface area contributed by atoms with E-state index in [0.29, 0.717) is 24.2 Å². The monoisotopic (exact) mass is 438 g/mol. The Labute approximate surface area is 189 Å². The molecule has 1 aliphatic rings. The molecule has 0 unspecified atom stereocenters. The standard InChI is InChI=1S/C26H31FN2O3/c1-17(2)24-25(30)28-22(19-13-15-20(27)16-14-19)11-7-5-9-18(3)32-23-12-8-6-10-21(23)26(31)29(24)4/h5-8,10,12-18,22,24H,9,11H2,1-4H3,(H,28,30)/b7-5-/t18-,22+,24+/m1/s1. The molecule has 2 aromatic rings. The smallest absolute Gasteiger partial charge is 0.258 e. The first-order chi connectivity index (χ1) is 15.3. The molecule has 3 atom stereocenters. The van der Waals surface area contributed by atoms with Gasteiger partial charge in [0, 0.05) is 13.5 Å². The van der Waals surface area contributed by atoms with Crippen LogP contribution in [0.15, 0.2) is 60.7 Å². The predicted molar refractivity (Wildman–Crippen MR) is 123 cm³/mol. The Morgan fingerprint density at radius 1 is 1.03 bits per heavy atom. The number of likely N-dealkylation sites (N-methyl/N-ethyl adjacent to an activating group) is 1. The van der Waals surface area contributed by atoms with E-state index in [2.05, 4.69) is 5.32 Å². The minimum absolute atomic E-state index is 0.117. The molecule has 0 fully saturated rings. The third-order valence-electron chi connectivity index (χ3n) is 5.68. The van der Waals surface area contributed by atoms with Crippen molar-refractivity contribution in [3.05, 3.63) is 77.6 Å². The number of amides is 2. The molecule has 0 spiro atoms. The average Bonchev–Trinajstić information content (AvgIpc) is 2.75. The van der Waals surface area contributed by atoms with Crippen LogP contribution in [-0.2, 0) is 4.79 Å². The van der Waals surface area contributed by atoms with Crippen LogP contribution in [0, 0.1) is 11.7 Å². The highest BCUT2D eigenvalue weighted by Crippen LogP contribution is 2.25. The van der Waals surface area contributed by atoms with Gasteiger partial charge < -0.3 is 15.0 Å². The average molecular weight is 439 g/mol. The Morgan fingerprint density at radius 3 is 2.38 bits per heavy atom. The molecule has 1 aliphatic heterocycles. The van der Waals surface area contributed by atoms with E-state index >= 15 is 0 Å².